The minimum Gasteiger partial charge on any atom is -0.356 e. The van der Waals surface area contributed by atoms with Crippen LogP contribution in [-0.2, 0) is 0 Å². The lowest BCUT2D eigenvalue weighted by atomic mass is 9.73. The number of rotatable bonds is 1. The molecule has 4 rings (SSSR count). The highest BCUT2D eigenvalue weighted by atomic mass is 32.1. The third-order valence-electron chi connectivity index (χ3n) is 4.36. The van der Waals surface area contributed by atoms with Gasteiger partial charge in [0.05, 0.1) is 5.39 Å². The number of nitrogens with zero attached hydrogens (tertiary/aromatic N) is 3. The normalized spacial score (nSPS) is 22.3. The topological polar surface area (TPSA) is 41.1 Å². The zero-order valence-electron chi connectivity index (χ0n) is 10.2. The molecule has 0 saturated carbocycles. The van der Waals surface area contributed by atoms with Crippen molar-refractivity contribution in [2.24, 2.45) is 5.41 Å². The SMILES string of the molecule is c1nc(N2CCC3(CC2)CNC3)c2ccsc2n1. The van der Waals surface area contributed by atoms with Gasteiger partial charge in [-0.2, -0.15) is 0 Å². The molecule has 2 fully saturated rings. The lowest BCUT2D eigenvalue weighted by Gasteiger charge is -2.48. The van der Waals surface area contributed by atoms with Crippen LogP contribution >= 0.6 is 11.3 Å². The van der Waals surface area contributed by atoms with Crippen LogP contribution in [0.2, 0.25) is 0 Å². The van der Waals surface area contributed by atoms with Gasteiger partial charge in [-0.25, -0.2) is 9.97 Å². The maximum Gasteiger partial charge on any atom is 0.140 e. The van der Waals surface area contributed by atoms with Crippen LogP contribution in [0.3, 0.4) is 0 Å². The highest BCUT2D eigenvalue weighted by molar-refractivity contribution is 7.16. The average Bonchev–Trinajstić information content (AvgIpc) is 2.85. The number of piperidine rings is 1. The van der Waals surface area contributed by atoms with Crippen LogP contribution in [0, 0.1) is 5.41 Å². The van der Waals surface area contributed by atoms with E-state index in [9.17, 15) is 0 Å². The third kappa shape index (κ3) is 1.54. The Morgan fingerprint density at radius 2 is 2.06 bits per heavy atom. The Kier molecular flexibility index (Phi) is 2.32. The second-order valence-electron chi connectivity index (χ2n) is 5.43. The number of anilines is 1. The van der Waals surface area contributed by atoms with Gasteiger partial charge in [0.2, 0.25) is 0 Å². The largest absolute Gasteiger partial charge is 0.356 e. The van der Waals surface area contributed by atoms with Crippen molar-refractivity contribution in [2.75, 3.05) is 31.1 Å². The van der Waals surface area contributed by atoms with E-state index in [2.05, 4.69) is 31.6 Å². The van der Waals surface area contributed by atoms with Crippen LogP contribution in [0.1, 0.15) is 12.8 Å². The summed E-state index contributed by atoms with van der Waals surface area (Å²) in [4.78, 5) is 12.4. The Morgan fingerprint density at radius 1 is 1.22 bits per heavy atom. The van der Waals surface area contributed by atoms with Gasteiger partial charge in [-0.05, 0) is 29.7 Å². The molecular formula is C13H16N4S. The fourth-order valence-corrected chi connectivity index (χ4v) is 3.78. The highest BCUT2D eigenvalue weighted by Gasteiger charge is 2.39. The molecule has 0 unspecified atom stereocenters. The average molecular weight is 260 g/mol. The number of nitrogens with one attached hydrogen (secondary N) is 1. The van der Waals surface area contributed by atoms with E-state index in [4.69, 9.17) is 0 Å². The number of hydrogen-bond acceptors (Lipinski definition) is 5. The quantitative estimate of drug-likeness (QED) is 0.850. The third-order valence-corrected chi connectivity index (χ3v) is 5.19. The Labute approximate surface area is 110 Å². The summed E-state index contributed by atoms with van der Waals surface area (Å²) in [6, 6.07) is 2.14. The molecule has 1 N–H and O–H groups in total. The zero-order valence-corrected chi connectivity index (χ0v) is 11.0. The fourth-order valence-electron chi connectivity index (χ4n) is 3.05. The molecule has 1 spiro atoms. The minimum atomic E-state index is 0.595. The predicted molar refractivity (Wildman–Crippen MR) is 74.2 cm³/mol. The first-order chi connectivity index (χ1) is 8.86. The van der Waals surface area contributed by atoms with Crippen molar-refractivity contribution in [3.05, 3.63) is 17.8 Å². The van der Waals surface area contributed by atoms with Gasteiger partial charge in [0, 0.05) is 26.2 Å². The molecule has 4 nitrogen and oxygen atoms in total. The first kappa shape index (κ1) is 10.7. The number of hydrogen-bond donors (Lipinski definition) is 1. The molecule has 0 amide bonds. The van der Waals surface area contributed by atoms with Crippen LogP contribution < -0.4 is 10.2 Å². The van der Waals surface area contributed by atoms with Crippen molar-refractivity contribution >= 4 is 27.4 Å². The molecule has 94 valence electrons. The van der Waals surface area contributed by atoms with Crippen LogP contribution in [-0.4, -0.2) is 36.1 Å². The maximum absolute atomic E-state index is 4.50. The van der Waals surface area contributed by atoms with Crippen molar-refractivity contribution < 1.29 is 0 Å². The monoisotopic (exact) mass is 260 g/mol. The van der Waals surface area contributed by atoms with Crippen LogP contribution in [0.5, 0.6) is 0 Å². The Balaban J connectivity index is 1.62. The maximum atomic E-state index is 4.50. The van der Waals surface area contributed by atoms with E-state index in [-0.39, 0.29) is 0 Å². The van der Waals surface area contributed by atoms with Crippen molar-refractivity contribution in [3.63, 3.8) is 0 Å². The van der Waals surface area contributed by atoms with Crippen molar-refractivity contribution in [1.82, 2.24) is 15.3 Å². The van der Waals surface area contributed by atoms with E-state index in [1.807, 2.05) is 0 Å². The van der Waals surface area contributed by atoms with Crippen molar-refractivity contribution in [1.29, 1.82) is 0 Å². The van der Waals surface area contributed by atoms with Gasteiger partial charge in [0.15, 0.2) is 0 Å². The van der Waals surface area contributed by atoms with Crippen LogP contribution in [0.15, 0.2) is 17.8 Å². The molecule has 0 radical (unpaired) electrons. The van der Waals surface area contributed by atoms with Gasteiger partial charge in [-0.3, -0.25) is 0 Å². The van der Waals surface area contributed by atoms with E-state index >= 15 is 0 Å². The second-order valence-corrected chi connectivity index (χ2v) is 6.32. The predicted octanol–water partition coefficient (Wildman–Crippen LogP) is 1.88. The molecule has 2 aliphatic heterocycles. The molecule has 0 atom stereocenters. The highest BCUT2D eigenvalue weighted by Crippen LogP contribution is 2.37. The lowest BCUT2D eigenvalue weighted by molar-refractivity contribution is 0.126. The first-order valence-electron chi connectivity index (χ1n) is 6.50. The molecule has 2 aromatic rings. The van der Waals surface area contributed by atoms with E-state index < -0.39 is 0 Å². The standard InChI is InChI=1S/C13H16N4S/c1-6-18-12-10(1)11(15-9-16-12)17-4-2-13(3-5-17)7-14-8-13/h1,6,9,14H,2-5,7-8H2. The van der Waals surface area contributed by atoms with Crippen molar-refractivity contribution in [2.45, 2.75) is 12.8 Å². The van der Waals surface area contributed by atoms with Crippen molar-refractivity contribution in [3.8, 4) is 0 Å². The number of aromatic nitrogens is 2. The second kappa shape index (κ2) is 3.90. The summed E-state index contributed by atoms with van der Waals surface area (Å²) in [5, 5.41) is 6.72. The Bertz CT molecular complexity index is 565. The summed E-state index contributed by atoms with van der Waals surface area (Å²) in [7, 11) is 0. The molecule has 2 aromatic heterocycles. The molecular weight excluding hydrogens is 244 g/mol. The molecule has 2 aliphatic rings. The fraction of sp³-hybridized carbons (Fsp3) is 0.538. The van der Waals surface area contributed by atoms with E-state index in [1.165, 1.54) is 31.3 Å². The lowest BCUT2D eigenvalue weighted by Crippen LogP contribution is -2.58. The Morgan fingerprint density at radius 3 is 2.78 bits per heavy atom. The minimum absolute atomic E-state index is 0.595. The number of thiophene rings is 1. The van der Waals surface area contributed by atoms with Gasteiger partial charge in [0.1, 0.15) is 17.0 Å². The summed E-state index contributed by atoms with van der Waals surface area (Å²) in [5.74, 6) is 1.13. The molecule has 2 saturated heterocycles. The molecule has 0 bridgehead atoms. The van der Waals surface area contributed by atoms with E-state index in [0.717, 1.165) is 23.7 Å². The number of fused-ring (bicyclic) bond motifs is 1. The molecule has 4 heterocycles. The zero-order chi connectivity index (χ0) is 12.0. The summed E-state index contributed by atoms with van der Waals surface area (Å²) in [5.41, 5.74) is 0.595. The van der Waals surface area contributed by atoms with E-state index in [1.54, 1.807) is 17.7 Å². The summed E-state index contributed by atoms with van der Waals surface area (Å²) >= 11 is 1.69. The molecule has 0 aliphatic carbocycles. The molecule has 18 heavy (non-hydrogen) atoms. The van der Waals surface area contributed by atoms with Gasteiger partial charge in [0.25, 0.3) is 0 Å². The first-order valence-corrected chi connectivity index (χ1v) is 7.38. The van der Waals surface area contributed by atoms with Gasteiger partial charge in [-0.15, -0.1) is 11.3 Å². The Hall–Kier alpha value is -1.20. The van der Waals surface area contributed by atoms with Crippen LogP contribution in [0.4, 0.5) is 5.82 Å². The van der Waals surface area contributed by atoms with Gasteiger partial charge in [-0.1, -0.05) is 0 Å². The molecule has 0 aromatic carbocycles. The molecule has 5 heteroatoms. The van der Waals surface area contributed by atoms with Gasteiger partial charge >= 0.3 is 0 Å². The van der Waals surface area contributed by atoms with E-state index in [0.29, 0.717) is 5.41 Å². The summed E-state index contributed by atoms with van der Waals surface area (Å²) < 4.78 is 0. The van der Waals surface area contributed by atoms with Crippen LogP contribution in [0.25, 0.3) is 10.2 Å². The smallest absolute Gasteiger partial charge is 0.140 e. The summed E-state index contributed by atoms with van der Waals surface area (Å²) in [6.07, 6.45) is 4.27. The summed E-state index contributed by atoms with van der Waals surface area (Å²) in [6.45, 7) is 4.67. The van der Waals surface area contributed by atoms with Gasteiger partial charge < -0.3 is 10.2 Å².